The molecule has 166 valence electrons. The predicted molar refractivity (Wildman–Crippen MR) is 111 cm³/mol. The molecule has 1 N–H and O–H groups in total. The zero-order chi connectivity index (χ0) is 22.6. The normalized spacial score (nSPS) is 20.5. The number of aromatic nitrogens is 2. The Hall–Kier alpha value is -2.58. The Morgan fingerprint density at radius 2 is 1.87 bits per heavy atom. The molecule has 30 heavy (non-hydrogen) atoms. The first-order chi connectivity index (χ1) is 13.7. The van der Waals surface area contributed by atoms with Crippen molar-refractivity contribution < 1.29 is 19.5 Å². The Kier molecular flexibility index (Phi) is 5.37. The van der Waals surface area contributed by atoms with Crippen LogP contribution in [-0.4, -0.2) is 78.1 Å². The molecule has 1 aromatic rings. The van der Waals surface area contributed by atoms with Crippen LogP contribution in [0.15, 0.2) is 6.20 Å². The van der Waals surface area contributed by atoms with E-state index in [-0.39, 0.29) is 18.0 Å². The Balaban J connectivity index is 1.80. The fourth-order valence-corrected chi connectivity index (χ4v) is 4.54. The van der Waals surface area contributed by atoms with Gasteiger partial charge in [0.1, 0.15) is 11.9 Å². The molecule has 1 unspecified atom stereocenters. The van der Waals surface area contributed by atoms with Crippen molar-refractivity contribution in [3.05, 3.63) is 17.7 Å². The molecule has 3 rings (SSSR count). The average Bonchev–Trinajstić information content (AvgIpc) is 3.27. The zero-order valence-electron chi connectivity index (χ0n) is 19.0. The number of carbonyl (C=O) groups excluding carboxylic acids is 2. The maximum absolute atomic E-state index is 13.6. The first-order valence-corrected chi connectivity index (χ1v) is 10.4. The van der Waals surface area contributed by atoms with Crippen molar-refractivity contribution in [2.24, 2.45) is 5.41 Å². The summed E-state index contributed by atoms with van der Waals surface area (Å²) in [6.45, 7) is 14.3. The monoisotopic (exact) mass is 419 g/mol. The lowest BCUT2D eigenvalue weighted by Gasteiger charge is -2.45. The van der Waals surface area contributed by atoms with E-state index < -0.39 is 23.1 Å². The second-order valence-electron chi connectivity index (χ2n) is 10.4. The number of carboxylic acid groups (broad SMARTS) is 1. The number of hydrogen-bond donors (Lipinski definition) is 1. The van der Waals surface area contributed by atoms with Gasteiger partial charge in [-0.3, -0.25) is 14.3 Å². The highest BCUT2D eigenvalue weighted by molar-refractivity contribution is 5.87. The minimum Gasteiger partial charge on any atom is -0.465 e. The Morgan fingerprint density at radius 1 is 1.23 bits per heavy atom. The average molecular weight is 420 g/mol. The number of imidazole rings is 1. The van der Waals surface area contributed by atoms with E-state index in [0.29, 0.717) is 31.9 Å². The van der Waals surface area contributed by atoms with E-state index >= 15 is 0 Å². The summed E-state index contributed by atoms with van der Waals surface area (Å²) < 4.78 is 1.62. The van der Waals surface area contributed by atoms with Crippen molar-refractivity contribution in [2.75, 3.05) is 13.1 Å². The highest BCUT2D eigenvalue weighted by Crippen LogP contribution is 2.33. The van der Waals surface area contributed by atoms with Crippen LogP contribution in [0.1, 0.15) is 59.5 Å². The van der Waals surface area contributed by atoms with E-state index in [9.17, 15) is 19.5 Å². The molecule has 3 amide bonds. The summed E-state index contributed by atoms with van der Waals surface area (Å²) in [7, 11) is 0. The molecular weight excluding hydrogens is 386 g/mol. The van der Waals surface area contributed by atoms with Gasteiger partial charge in [-0.25, -0.2) is 14.6 Å². The summed E-state index contributed by atoms with van der Waals surface area (Å²) in [6, 6.07) is -1.01. The van der Waals surface area contributed by atoms with Crippen molar-refractivity contribution in [2.45, 2.75) is 79.1 Å². The number of aryl methyl sites for hydroxylation is 1. The molecule has 0 aliphatic carbocycles. The summed E-state index contributed by atoms with van der Waals surface area (Å²) in [5.74, 6) is 0.463. The third-order valence-corrected chi connectivity index (χ3v) is 5.94. The van der Waals surface area contributed by atoms with Crippen LogP contribution in [0.4, 0.5) is 9.59 Å². The van der Waals surface area contributed by atoms with Crippen LogP contribution in [0.3, 0.4) is 0 Å². The molecule has 0 saturated carbocycles. The lowest BCUT2D eigenvalue weighted by Crippen LogP contribution is -2.61. The smallest absolute Gasteiger partial charge is 0.408 e. The van der Waals surface area contributed by atoms with Crippen molar-refractivity contribution >= 4 is 18.0 Å². The minimum absolute atomic E-state index is 0.0886. The quantitative estimate of drug-likeness (QED) is 0.812. The van der Waals surface area contributed by atoms with Gasteiger partial charge in [-0.1, -0.05) is 20.8 Å². The van der Waals surface area contributed by atoms with E-state index in [0.717, 1.165) is 5.69 Å². The molecule has 1 aromatic heterocycles. The number of likely N-dealkylation sites (tertiary alicyclic amines) is 1. The molecule has 0 radical (unpaired) electrons. The van der Waals surface area contributed by atoms with Crippen molar-refractivity contribution in [1.82, 2.24) is 24.3 Å². The fourth-order valence-electron chi connectivity index (χ4n) is 4.54. The second kappa shape index (κ2) is 7.28. The first-order valence-electron chi connectivity index (χ1n) is 10.4. The van der Waals surface area contributed by atoms with E-state index in [1.54, 1.807) is 48.3 Å². The minimum atomic E-state index is -1.11. The highest BCUT2D eigenvalue weighted by atomic mass is 16.4. The van der Waals surface area contributed by atoms with Gasteiger partial charge in [0.05, 0.1) is 24.5 Å². The SMILES string of the molecule is Cc1ncc2n1C(=O)N(C1CCN(C(=O)[C@H](N(C(=O)O)C(C)(C)C)C(C)(C)C)C1)C2. The molecule has 9 nitrogen and oxygen atoms in total. The molecule has 9 heteroatoms. The standard InChI is InChI=1S/C21H33N5O4/c1-13-22-10-15-12-24(18(28)25(13)15)14-8-9-23(11-14)17(27)16(20(2,3)4)26(19(29)30)21(5,6)7/h10,14,16H,8-9,11-12H2,1-7H3,(H,29,30)/t14?,16-/m0/s1. The molecule has 0 bridgehead atoms. The van der Waals surface area contributed by atoms with E-state index in [1.807, 2.05) is 20.8 Å². The van der Waals surface area contributed by atoms with Crippen LogP contribution in [0, 0.1) is 12.3 Å². The van der Waals surface area contributed by atoms with Crippen LogP contribution >= 0.6 is 0 Å². The lowest BCUT2D eigenvalue weighted by atomic mass is 9.82. The van der Waals surface area contributed by atoms with Gasteiger partial charge >= 0.3 is 12.1 Å². The summed E-state index contributed by atoms with van der Waals surface area (Å²) in [5, 5.41) is 9.89. The first kappa shape index (κ1) is 22.1. The van der Waals surface area contributed by atoms with Gasteiger partial charge in [0.15, 0.2) is 0 Å². The Labute approximate surface area is 177 Å². The molecule has 2 atom stereocenters. The molecule has 2 aliphatic heterocycles. The summed E-state index contributed by atoms with van der Waals surface area (Å²) in [5.41, 5.74) is -0.442. The molecular formula is C21H33N5O4. The topological polar surface area (TPSA) is 99.0 Å². The fraction of sp³-hybridized carbons (Fsp3) is 0.714. The number of amides is 3. The van der Waals surface area contributed by atoms with Gasteiger partial charge in [-0.15, -0.1) is 0 Å². The third-order valence-electron chi connectivity index (χ3n) is 5.94. The van der Waals surface area contributed by atoms with Crippen LogP contribution in [-0.2, 0) is 11.3 Å². The number of nitrogens with zero attached hydrogens (tertiary/aromatic N) is 5. The number of hydrogen-bond acceptors (Lipinski definition) is 4. The van der Waals surface area contributed by atoms with Crippen LogP contribution in [0.2, 0.25) is 0 Å². The van der Waals surface area contributed by atoms with Crippen molar-refractivity contribution in [1.29, 1.82) is 0 Å². The highest BCUT2D eigenvalue weighted by Gasteiger charge is 2.47. The molecule has 2 aliphatic rings. The second-order valence-corrected chi connectivity index (χ2v) is 10.4. The van der Waals surface area contributed by atoms with Gasteiger partial charge in [0, 0.05) is 18.6 Å². The van der Waals surface area contributed by atoms with Crippen molar-refractivity contribution in [3.63, 3.8) is 0 Å². The molecule has 3 heterocycles. The number of carbonyl (C=O) groups is 3. The van der Waals surface area contributed by atoms with Gasteiger partial charge in [-0.05, 0) is 39.5 Å². The third kappa shape index (κ3) is 3.77. The van der Waals surface area contributed by atoms with Gasteiger partial charge in [-0.2, -0.15) is 0 Å². The maximum Gasteiger partial charge on any atom is 0.408 e. The van der Waals surface area contributed by atoms with Crippen molar-refractivity contribution in [3.8, 4) is 0 Å². The zero-order valence-corrected chi connectivity index (χ0v) is 19.0. The van der Waals surface area contributed by atoms with Gasteiger partial charge in [0.25, 0.3) is 0 Å². The molecule has 1 fully saturated rings. The van der Waals surface area contributed by atoms with E-state index in [2.05, 4.69) is 4.98 Å². The summed E-state index contributed by atoms with van der Waals surface area (Å²) in [4.78, 5) is 47.4. The lowest BCUT2D eigenvalue weighted by molar-refractivity contribution is -0.141. The summed E-state index contributed by atoms with van der Waals surface area (Å²) in [6.07, 6.45) is 1.28. The van der Waals surface area contributed by atoms with E-state index in [1.165, 1.54) is 4.90 Å². The number of fused-ring (bicyclic) bond motifs is 1. The Bertz CT molecular complexity index is 864. The molecule has 0 aromatic carbocycles. The molecule has 0 spiro atoms. The van der Waals surface area contributed by atoms with Crippen LogP contribution in [0.5, 0.6) is 0 Å². The van der Waals surface area contributed by atoms with E-state index in [4.69, 9.17) is 0 Å². The Morgan fingerprint density at radius 3 is 2.37 bits per heavy atom. The predicted octanol–water partition coefficient (Wildman–Crippen LogP) is 2.77. The van der Waals surface area contributed by atoms with Gasteiger partial charge in [0.2, 0.25) is 5.91 Å². The maximum atomic E-state index is 13.6. The van der Waals surface area contributed by atoms with Crippen LogP contribution < -0.4 is 0 Å². The van der Waals surface area contributed by atoms with Gasteiger partial charge < -0.3 is 14.9 Å². The molecule has 1 saturated heterocycles. The largest absolute Gasteiger partial charge is 0.465 e. The summed E-state index contributed by atoms with van der Waals surface area (Å²) >= 11 is 0. The number of rotatable bonds is 3. The van der Waals surface area contributed by atoms with Crippen LogP contribution in [0.25, 0.3) is 0 Å².